The molecule has 2 fully saturated rings. The average Bonchev–Trinajstić information content (AvgIpc) is 2.95. The zero-order valence-corrected chi connectivity index (χ0v) is 25.2. The Bertz CT molecular complexity index is 1540. The fourth-order valence-electron chi connectivity index (χ4n) is 5.48. The number of amides is 2. The Kier molecular flexibility index (Phi) is 9.68. The molecule has 43 heavy (non-hydrogen) atoms. The van der Waals surface area contributed by atoms with Gasteiger partial charge in [0, 0.05) is 74.3 Å². The van der Waals surface area contributed by atoms with E-state index in [1.54, 1.807) is 30.5 Å². The number of piperazine rings is 1. The molecule has 0 radical (unpaired) electrons. The Labute approximate surface area is 256 Å². The van der Waals surface area contributed by atoms with Crippen LogP contribution in [0.1, 0.15) is 59.5 Å². The van der Waals surface area contributed by atoms with Gasteiger partial charge in [-0.3, -0.25) is 19.5 Å². The van der Waals surface area contributed by atoms with Gasteiger partial charge in [0.05, 0.1) is 17.0 Å². The Morgan fingerprint density at radius 1 is 0.884 bits per heavy atom. The summed E-state index contributed by atoms with van der Waals surface area (Å²) in [6.45, 7) is 7.96. The van der Waals surface area contributed by atoms with Crippen LogP contribution in [-0.4, -0.2) is 76.6 Å². The minimum Gasteiger partial charge on any atom is -0.383 e. The molecule has 1 aliphatic heterocycles. The van der Waals surface area contributed by atoms with Gasteiger partial charge in [-0.1, -0.05) is 23.7 Å². The Hall–Kier alpha value is -4.28. The number of rotatable bonds is 10. The predicted octanol–water partition coefficient (Wildman–Crippen LogP) is 5.80. The maximum Gasteiger partial charge on any atom is 0.323 e. The molecule has 2 aromatic heterocycles. The number of Topliss-reactive ketones (excluding diaryl/α,β-unsaturated/α-hetero) is 2. The summed E-state index contributed by atoms with van der Waals surface area (Å²) in [5.74, 6) is -0.235. The van der Waals surface area contributed by atoms with E-state index < -0.39 is 0 Å². The van der Waals surface area contributed by atoms with E-state index in [9.17, 15) is 14.4 Å². The number of aromatic nitrogens is 2. The molecule has 5 rings (SSSR count). The second-order valence-electron chi connectivity index (χ2n) is 10.8. The third kappa shape index (κ3) is 7.57. The maximum atomic E-state index is 12.6. The third-order valence-corrected chi connectivity index (χ3v) is 7.97. The molecular formula is C32H36ClN7O3. The molecule has 0 unspecified atom stereocenters. The van der Waals surface area contributed by atoms with Gasteiger partial charge in [0.15, 0.2) is 11.6 Å². The molecule has 1 saturated heterocycles. The molecule has 1 aliphatic carbocycles. The molecule has 11 heteroatoms. The summed E-state index contributed by atoms with van der Waals surface area (Å²) in [5, 5.41) is 9.36. The summed E-state index contributed by atoms with van der Waals surface area (Å²) in [7, 11) is 0. The first-order valence-electron chi connectivity index (χ1n) is 14.5. The van der Waals surface area contributed by atoms with Crippen LogP contribution in [0.3, 0.4) is 0 Å². The number of ketones is 2. The number of hydrogen-bond donors (Lipinski definition) is 3. The molecule has 2 aliphatic rings. The molecule has 0 atom stereocenters. The van der Waals surface area contributed by atoms with Crippen LogP contribution in [0.2, 0.25) is 5.15 Å². The van der Waals surface area contributed by atoms with Gasteiger partial charge < -0.3 is 20.9 Å². The van der Waals surface area contributed by atoms with Gasteiger partial charge >= 0.3 is 6.03 Å². The van der Waals surface area contributed by atoms with Crippen molar-refractivity contribution in [1.82, 2.24) is 19.8 Å². The van der Waals surface area contributed by atoms with E-state index in [4.69, 9.17) is 16.6 Å². The number of carbonyl (C=O) groups is 3. The lowest BCUT2D eigenvalue weighted by Crippen LogP contribution is -2.47. The van der Waals surface area contributed by atoms with Crippen LogP contribution in [0.15, 0.2) is 60.4 Å². The van der Waals surface area contributed by atoms with E-state index in [-0.39, 0.29) is 17.6 Å². The zero-order chi connectivity index (χ0) is 30.3. The number of nitrogens with zero attached hydrogens (tertiary/aromatic N) is 4. The van der Waals surface area contributed by atoms with E-state index >= 15 is 0 Å². The van der Waals surface area contributed by atoms with Gasteiger partial charge in [0.2, 0.25) is 0 Å². The lowest BCUT2D eigenvalue weighted by Gasteiger charge is -2.39. The largest absolute Gasteiger partial charge is 0.383 e. The number of anilines is 3. The molecule has 0 bridgehead atoms. The smallest absolute Gasteiger partial charge is 0.323 e. The molecule has 3 N–H and O–H groups in total. The van der Waals surface area contributed by atoms with Gasteiger partial charge in [-0.15, -0.1) is 0 Å². The normalized spacial score (nSPS) is 15.0. The third-order valence-electron chi connectivity index (χ3n) is 7.76. The summed E-state index contributed by atoms with van der Waals surface area (Å²) in [5.41, 5.74) is 6.25. The van der Waals surface area contributed by atoms with Crippen LogP contribution < -0.4 is 16.0 Å². The van der Waals surface area contributed by atoms with Crippen molar-refractivity contribution in [3.05, 3.63) is 82.4 Å². The van der Waals surface area contributed by atoms with Crippen molar-refractivity contribution < 1.29 is 14.4 Å². The van der Waals surface area contributed by atoms with E-state index in [0.717, 1.165) is 51.3 Å². The lowest BCUT2D eigenvalue weighted by atomic mass is 9.88. The second-order valence-corrected chi connectivity index (χ2v) is 11.2. The van der Waals surface area contributed by atoms with Crippen molar-refractivity contribution in [3.8, 4) is 0 Å². The number of carbonyl (C=O) groups excluding carboxylic acids is 3. The number of benzene rings is 1. The highest BCUT2D eigenvalue weighted by Crippen LogP contribution is 2.36. The average molecular weight is 602 g/mol. The van der Waals surface area contributed by atoms with E-state index in [1.807, 2.05) is 18.2 Å². The van der Waals surface area contributed by atoms with Gasteiger partial charge in [0.25, 0.3) is 0 Å². The highest BCUT2D eigenvalue weighted by atomic mass is 35.5. The summed E-state index contributed by atoms with van der Waals surface area (Å²) in [6.07, 6.45) is 6.55. The first kappa shape index (κ1) is 30.2. The number of hydrogen-bond acceptors (Lipinski definition) is 8. The van der Waals surface area contributed by atoms with Crippen molar-refractivity contribution in [2.24, 2.45) is 0 Å². The quantitative estimate of drug-likeness (QED) is 0.197. The Balaban J connectivity index is 1.19. The van der Waals surface area contributed by atoms with Crippen LogP contribution in [0.25, 0.3) is 5.70 Å². The molecule has 2 amide bonds. The molecule has 1 aromatic carbocycles. The molecule has 3 aromatic rings. The van der Waals surface area contributed by atoms with Crippen LogP contribution >= 0.6 is 11.6 Å². The van der Waals surface area contributed by atoms with Gasteiger partial charge in [-0.2, -0.15) is 0 Å². The van der Waals surface area contributed by atoms with Gasteiger partial charge in [-0.05, 0) is 69.0 Å². The van der Waals surface area contributed by atoms with Crippen LogP contribution in [0, 0.1) is 0 Å². The Morgan fingerprint density at radius 2 is 1.58 bits per heavy atom. The van der Waals surface area contributed by atoms with E-state index in [0.29, 0.717) is 39.9 Å². The first-order chi connectivity index (χ1) is 20.8. The first-order valence-corrected chi connectivity index (χ1v) is 14.9. The van der Waals surface area contributed by atoms with Crippen molar-refractivity contribution in [3.63, 3.8) is 0 Å². The summed E-state index contributed by atoms with van der Waals surface area (Å²) < 4.78 is 0. The molecule has 224 valence electrons. The van der Waals surface area contributed by atoms with E-state index in [2.05, 4.69) is 30.7 Å². The van der Waals surface area contributed by atoms with E-state index in [1.165, 1.54) is 37.7 Å². The number of halogens is 1. The lowest BCUT2D eigenvalue weighted by molar-refractivity contribution is 0.0981. The van der Waals surface area contributed by atoms with Crippen molar-refractivity contribution in [2.45, 2.75) is 33.1 Å². The number of pyridine rings is 2. The fraction of sp³-hybridized carbons (Fsp3) is 0.344. The minimum absolute atomic E-state index is 0.115. The van der Waals surface area contributed by atoms with Crippen LogP contribution in [0.5, 0.6) is 0 Å². The standard InChI is InChI=1S/C32H36ClN7O3/c1-21(41)26-7-4-8-27(30(26)22(2)42)35-13-14-39-15-17-40(18-16-39)31(23-5-3-6-23)28-19-24(9-11-34-28)37-32(43)38-25-10-12-36-29(33)20-25/h4,7-12,19-20,35H,3,5-6,13-18H2,1-2H3,(H2,34,36,37,38,43). The zero-order valence-electron chi connectivity index (χ0n) is 24.5. The van der Waals surface area contributed by atoms with Gasteiger partial charge in [0.1, 0.15) is 5.15 Å². The van der Waals surface area contributed by atoms with Gasteiger partial charge in [-0.25, -0.2) is 9.78 Å². The molecule has 1 saturated carbocycles. The highest BCUT2D eigenvalue weighted by Gasteiger charge is 2.26. The SMILES string of the molecule is CC(=O)c1cccc(NCCN2CCN(C(=C3CCC3)c3cc(NC(=O)Nc4ccnc(Cl)c4)ccn3)CC2)c1C(C)=O. The molecular weight excluding hydrogens is 566 g/mol. The van der Waals surface area contributed by atoms with Crippen molar-refractivity contribution in [1.29, 1.82) is 0 Å². The Morgan fingerprint density at radius 3 is 2.21 bits per heavy atom. The monoisotopic (exact) mass is 601 g/mol. The van der Waals surface area contributed by atoms with Crippen LogP contribution in [0.4, 0.5) is 21.9 Å². The molecule has 3 heterocycles. The summed E-state index contributed by atoms with van der Waals surface area (Å²) >= 11 is 5.93. The molecule has 0 spiro atoms. The highest BCUT2D eigenvalue weighted by molar-refractivity contribution is 6.29. The molecule has 10 nitrogen and oxygen atoms in total. The fourth-order valence-corrected chi connectivity index (χ4v) is 5.66. The van der Waals surface area contributed by atoms with Crippen LogP contribution in [-0.2, 0) is 0 Å². The summed E-state index contributed by atoms with van der Waals surface area (Å²) in [4.78, 5) is 50.3. The number of nitrogens with one attached hydrogen (secondary N) is 3. The topological polar surface area (TPSA) is 120 Å². The van der Waals surface area contributed by atoms with Crippen molar-refractivity contribution in [2.75, 3.05) is 55.2 Å². The number of allylic oxidation sites excluding steroid dienone is 1. The summed E-state index contributed by atoms with van der Waals surface area (Å²) in [6, 6.07) is 12.0. The maximum absolute atomic E-state index is 12.6. The second kappa shape index (κ2) is 13.8. The number of urea groups is 1. The predicted molar refractivity (Wildman–Crippen MR) is 170 cm³/mol. The minimum atomic E-state index is -0.372. The van der Waals surface area contributed by atoms with Crippen molar-refractivity contribution >= 4 is 52.0 Å².